The summed E-state index contributed by atoms with van der Waals surface area (Å²) in [6.45, 7) is 0.900. The van der Waals surface area contributed by atoms with E-state index in [0.29, 0.717) is 5.56 Å². The number of carbonyl (C=O) groups is 1. The predicted octanol–water partition coefficient (Wildman–Crippen LogP) is -1.16. The molecule has 0 spiro atoms. The second-order valence-corrected chi connectivity index (χ2v) is 6.01. The molecule has 2 heterocycles. The molecule has 0 aliphatic carbocycles. The lowest BCUT2D eigenvalue weighted by molar-refractivity contribution is -0.0378. The van der Waals surface area contributed by atoms with Crippen LogP contribution >= 0.6 is 0 Å². The SMILES string of the molecule is Cc1cn([C]2O[C@H](CO)[C@@H](O)[C@]2(O)C(=O)c2ccccc2)c(=O)nc1N. The molecule has 9 heteroatoms. The van der Waals surface area contributed by atoms with Crippen LogP contribution in [0.4, 0.5) is 5.82 Å². The van der Waals surface area contributed by atoms with Crippen LogP contribution in [0.5, 0.6) is 0 Å². The van der Waals surface area contributed by atoms with Crippen LogP contribution in [0.1, 0.15) is 15.9 Å². The Hall–Kier alpha value is -2.59. The number of hydrogen-bond acceptors (Lipinski definition) is 8. The van der Waals surface area contributed by atoms with Crippen molar-refractivity contribution in [3.8, 4) is 0 Å². The van der Waals surface area contributed by atoms with E-state index in [4.69, 9.17) is 10.5 Å². The van der Waals surface area contributed by atoms with Crippen LogP contribution in [-0.4, -0.2) is 55.1 Å². The summed E-state index contributed by atoms with van der Waals surface area (Å²) in [4.78, 5) is 28.8. The number of aliphatic hydroxyl groups excluding tert-OH is 2. The number of hydrogen-bond donors (Lipinski definition) is 4. The van der Waals surface area contributed by atoms with E-state index in [1.54, 1.807) is 25.1 Å². The molecular weight excluding hydrogens is 342 g/mol. The highest BCUT2D eigenvalue weighted by atomic mass is 16.6. The van der Waals surface area contributed by atoms with Crippen LogP contribution in [-0.2, 0) is 4.74 Å². The number of aryl methyl sites for hydroxylation is 1. The number of aromatic nitrogens is 2. The van der Waals surface area contributed by atoms with Crippen LogP contribution < -0.4 is 11.4 Å². The summed E-state index contributed by atoms with van der Waals surface area (Å²) in [5.41, 5.74) is 2.62. The normalized spacial score (nSPS) is 26.2. The van der Waals surface area contributed by atoms with E-state index in [1.165, 1.54) is 18.3 Å². The average Bonchev–Trinajstić information content (AvgIpc) is 2.90. The van der Waals surface area contributed by atoms with E-state index in [-0.39, 0.29) is 11.4 Å². The van der Waals surface area contributed by atoms with Crippen molar-refractivity contribution in [1.82, 2.24) is 9.55 Å². The molecule has 1 saturated heterocycles. The zero-order chi connectivity index (χ0) is 19.1. The van der Waals surface area contributed by atoms with Gasteiger partial charge in [-0.3, -0.25) is 9.36 Å². The summed E-state index contributed by atoms with van der Waals surface area (Å²) in [6, 6.07) is 7.76. The van der Waals surface area contributed by atoms with Gasteiger partial charge < -0.3 is 25.8 Å². The summed E-state index contributed by atoms with van der Waals surface area (Å²) in [5, 5.41) is 30.9. The van der Waals surface area contributed by atoms with Crippen molar-refractivity contribution in [3.05, 3.63) is 64.4 Å². The van der Waals surface area contributed by atoms with Gasteiger partial charge in [0, 0.05) is 17.3 Å². The molecule has 5 N–H and O–H groups in total. The first-order valence-corrected chi connectivity index (χ1v) is 7.82. The van der Waals surface area contributed by atoms with Gasteiger partial charge in [0.2, 0.25) is 17.6 Å². The fraction of sp³-hybridized carbons (Fsp3) is 0.294. The molecule has 9 nitrogen and oxygen atoms in total. The van der Waals surface area contributed by atoms with Crippen molar-refractivity contribution in [3.63, 3.8) is 0 Å². The molecular formula is C17H18N3O6. The Bertz CT molecular complexity index is 884. The van der Waals surface area contributed by atoms with Crippen molar-refractivity contribution in [2.45, 2.75) is 24.7 Å². The maximum absolute atomic E-state index is 12.9. The molecule has 137 valence electrons. The van der Waals surface area contributed by atoms with Gasteiger partial charge in [-0.2, -0.15) is 4.98 Å². The third kappa shape index (κ3) is 2.71. The molecule has 0 unspecified atom stereocenters. The molecule has 1 fully saturated rings. The van der Waals surface area contributed by atoms with E-state index >= 15 is 0 Å². The second kappa shape index (κ2) is 6.61. The van der Waals surface area contributed by atoms with E-state index in [2.05, 4.69) is 4.98 Å². The minimum Gasteiger partial charge on any atom is -0.394 e. The fourth-order valence-corrected chi connectivity index (χ4v) is 2.82. The van der Waals surface area contributed by atoms with Gasteiger partial charge in [0.15, 0.2) is 0 Å². The second-order valence-electron chi connectivity index (χ2n) is 6.01. The summed E-state index contributed by atoms with van der Waals surface area (Å²) in [7, 11) is 0. The number of Topliss-reactive ketones (excluding diaryl/α,β-unsaturated/α-hetero) is 1. The molecule has 1 aromatic heterocycles. The Morgan fingerprint density at radius 1 is 1.38 bits per heavy atom. The Kier molecular flexibility index (Phi) is 4.63. The molecule has 1 aliphatic heterocycles. The number of anilines is 1. The Morgan fingerprint density at radius 3 is 2.65 bits per heavy atom. The first-order valence-electron chi connectivity index (χ1n) is 7.82. The molecule has 26 heavy (non-hydrogen) atoms. The number of aliphatic hydroxyl groups is 3. The monoisotopic (exact) mass is 360 g/mol. The van der Waals surface area contributed by atoms with Gasteiger partial charge in [-0.15, -0.1) is 0 Å². The number of nitrogen functional groups attached to an aromatic ring is 1. The van der Waals surface area contributed by atoms with Crippen molar-refractivity contribution in [2.24, 2.45) is 0 Å². The molecule has 3 atom stereocenters. The van der Waals surface area contributed by atoms with Crippen LogP contribution in [0.2, 0.25) is 0 Å². The molecule has 2 aromatic rings. The average molecular weight is 360 g/mol. The maximum atomic E-state index is 12.9. The first-order chi connectivity index (χ1) is 12.3. The summed E-state index contributed by atoms with van der Waals surface area (Å²) < 4.78 is 6.18. The number of ketones is 1. The third-order valence-corrected chi connectivity index (χ3v) is 4.30. The molecule has 0 saturated carbocycles. The first kappa shape index (κ1) is 18.2. The smallest absolute Gasteiger partial charge is 0.352 e. The number of ether oxygens (including phenoxy) is 1. The maximum Gasteiger partial charge on any atom is 0.352 e. The highest BCUT2D eigenvalue weighted by Gasteiger charge is 2.62. The van der Waals surface area contributed by atoms with E-state index in [0.717, 1.165) is 4.57 Å². The lowest BCUT2D eigenvalue weighted by Gasteiger charge is -2.29. The summed E-state index contributed by atoms with van der Waals surface area (Å²) >= 11 is 0. The Balaban J connectivity index is 2.15. The number of rotatable bonds is 4. The van der Waals surface area contributed by atoms with Crippen molar-refractivity contribution in [2.75, 3.05) is 12.3 Å². The van der Waals surface area contributed by atoms with Crippen molar-refractivity contribution in [1.29, 1.82) is 0 Å². The van der Waals surface area contributed by atoms with Gasteiger partial charge in [0.25, 0.3) is 0 Å². The molecule has 1 aromatic carbocycles. The molecule has 1 aliphatic rings. The zero-order valence-electron chi connectivity index (χ0n) is 13.9. The van der Waals surface area contributed by atoms with Crippen molar-refractivity contribution >= 4 is 11.6 Å². The molecule has 3 rings (SSSR count). The quantitative estimate of drug-likeness (QED) is 0.499. The summed E-state index contributed by atoms with van der Waals surface area (Å²) in [5.74, 6) is -0.889. The highest BCUT2D eigenvalue weighted by molar-refractivity contribution is 6.04. The van der Waals surface area contributed by atoms with E-state index in [9.17, 15) is 24.9 Å². The Labute approximate surface area is 148 Å². The minimum atomic E-state index is -2.58. The molecule has 1 radical (unpaired) electrons. The van der Waals surface area contributed by atoms with Crippen LogP contribution in [0.25, 0.3) is 0 Å². The van der Waals surface area contributed by atoms with E-state index in [1.807, 2.05) is 0 Å². The van der Waals surface area contributed by atoms with Crippen LogP contribution in [0, 0.1) is 13.2 Å². The Morgan fingerprint density at radius 2 is 2.04 bits per heavy atom. The number of nitrogens with zero attached hydrogens (tertiary/aromatic N) is 2. The lowest BCUT2D eigenvalue weighted by Crippen LogP contribution is -2.55. The van der Waals surface area contributed by atoms with Crippen LogP contribution in [0.3, 0.4) is 0 Å². The van der Waals surface area contributed by atoms with Gasteiger partial charge in [-0.25, -0.2) is 4.79 Å². The zero-order valence-corrected chi connectivity index (χ0v) is 13.9. The number of carbonyl (C=O) groups excluding carboxylic acids is 1. The number of nitrogens with two attached hydrogens (primary N) is 1. The fourth-order valence-electron chi connectivity index (χ4n) is 2.82. The van der Waals surface area contributed by atoms with E-state index < -0.39 is 42.1 Å². The molecule has 0 amide bonds. The topological polar surface area (TPSA) is 148 Å². The van der Waals surface area contributed by atoms with Gasteiger partial charge in [0.05, 0.1) is 6.61 Å². The minimum absolute atomic E-state index is 0.0120. The largest absolute Gasteiger partial charge is 0.394 e. The number of benzene rings is 1. The van der Waals surface area contributed by atoms with Gasteiger partial charge >= 0.3 is 5.69 Å². The standard InChI is InChI=1S/C17H18N3O6/c1-9-7-20(16(24)19-14(9)18)15-17(25,13(23)11(8-21)26-15)12(22)10-5-3-2-4-6-10/h2-7,11,13,21,23,25H,8H2,1H3,(H2,18,19,24)/t11-,13-,17-/m1/s1. The summed E-state index contributed by atoms with van der Waals surface area (Å²) in [6.07, 6.45) is -2.37. The predicted molar refractivity (Wildman–Crippen MR) is 90.0 cm³/mol. The van der Waals surface area contributed by atoms with Crippen molar-refractivity contribution < 1.29 is 24.9 Å². The lowest BCUT2D eigenvalue weighted by atomic mass is 9.85. The van der Waals surface area contributed by atoms with Gasteiger partial charge in [0.1, 0.15) is 18.0 Å². The molecule has 0 bridgehead atoms. The van der Waals surface area contributed by atoms with Crippen LogP contribution in [0.15, 0.2) is 41.3 Å². The highest BCUT2D eigenvalue weighted by Crippen LogP contribution is 2.39. The van der Waals surface area contributed by atoms with Gasteiger partial charge in [-0.1, -0.05) is 30.3 Å². The third-order valence-electron chi connectivity index (χ3n) is 4.30. The van der Waals surface area contributed by atoms with Gasteiger partial charge in [-0.05, 0) is 6.92 Å².